The van der Waals surface area contributed by atoms with Gasteiger partial charge in [-0.2, -0.15) is 0 Å². The third-order valence-corrected chi connectivity index (χ3v) is 4.81. The number of primary amides is 1. The maximum atomic E-state index is 11.7. The second kappa shape index (κ2) is 5.11. The van der Waals surface area contributed by atoms with Crippen LogP contribution in [0.3, 0.4) is 0 Å². The quantitative estimate of drug-likeness (QED) is 0.648. The summed E-state index contributed by atoms with van der Waals surface area (Å²) < 4.78 is 23.4. The molecule has 0 fully saturated rings. The van der Waals surface area contributed by atoms with Crippen molar-refractivity contribution in [3.8, 4) is 0 Å². The molecule has 0 saturated heterocycles. The van der Waals surface area contributed by atoms with Crippen LogP contribution in [0.1, 0.15) is 26.7 Å². The minimum Gasteiger partial charge on any atom is -0.480 e. The largest absolute Gasteiger partial charge is 0.480 e. The van der Waals surface area contributed by atoms with Gasteiger partial charge in [-0.3, -0.25) is 9.59 Å². The molecule has 0 aromatic heterocycles. The fourth-order valence-electron chi connectivity index (χ4n) is 1.34. The van der Waals surface area contributed by atoms with Gasteiger partial charge in [0.15, 0.2) is 15.1 Å². The Hall–Kier alpha value is -1.11. The van der Waals surface area contributed by atoms with Gasteiger partial charge in [0, 0.05) is 0 Å². The van der Waals surface area contributed by atoms with Gasteiger partial charge in [-0.15, -0.1) is 0 Å². The molecule has 0 aliphatic heterocycles. The number of carboxylic acids is 1. The number of sulfone groups is 1. The minimum atomic E-state index is -4.04. The summed E-state index contributed by atoms with van der Waals surface area (Å²) in [6.07, 6.45) is -0.0944. The molecule has 15 heavy (non-hydrogen) atoms. The normalized spacial score (nSPS) is 15.6. The van der Waals surface area contributed by atoms with E-state index in [1.807, 2.05) is 0 Å². The summed E-state index contributed by atoms with van der Waals surface area (Å²) in [5, 5.41) is 5.73. The van der Waals surface area contributed by atoms with E-state index in [1.165, 1.54) is 13.8 Å². The molecule has 0 spiro atoms. The standard InChI is InChI=1S/C8H15NO5S/c1-3-5(7(9)10)15(13,14)6(4-2)8(11)12/h5-6H,3-4H2,1-2H3,(H2,9,10)(H,11,12). The molecule has 0 radical (unpaired) electrons. The molecular formula is C8H15NO5S. The highest BCUT2D eigenvalue weighted by Gasteiger charge is 2.39. The lowest BCUT2D eigenvalue weighted by atomic mass is 10.3. The van der Waals surface area contributed by atoms with Gasteiger partial charge < -0.3 is 10.8 Å². The zero-order valence-electron chi connectivity index (χ0n) is 8.63. The Morgan fingerprint density at radius 1 is 1.20 bits per heavy atom. The molecule has 2 atom stereocenters. The van der Waals surface area contributed by atoms with Gasteiger partial charge >= 0.3 is 5.97 Å². The number of hydrogen-bond acceptors (Lipinski definition) is 4. The number of nitrogens with two attached hydrogens (primary N) is 1. The Labute approximate surface area is 88.4 Å². The zero-order chi connectivity index (χ0) is 12.2. The maximum absolute atomic E-state index is 11.7. The van der Waals surface area contributed by atoms with E-state index in [0.717, 1.165) is 0 Å². The van der Waals surface area contributed by atoms with Crippen molar-refractivity contribution in [2.75, 3.05) is 0 Å². The molecule has 0 saturated carbocycles. The van der Waals surface area contributed by atoms with Crippen molar-refractivity contribution >= 4 is 21.7 Å². The van der Waals surface area contributed by atoms with E-state index in [9.17, 15) is 18.0 Å². The number of carboxylic acid groups (broad SMARTS) is 1. The van der Waals surface area contributed by atoms with E-state index in [2.05, 4.69) is 0 Å². The summed E-state index contributed by atoms with van der Waals surface area (Å²) in [5.41, 5.74) is 4.91. The first kappa shape index (κ1) is 13.9. The molecule has 0 aromatic carbocycles. The smallest absolute Gasteiger partial charge is 0.321 e. The van der Waals surface area contributed by atoms with Crippen LogP contribution < -0.4 is 5.73 Å². The van der Waals surface area contributed by atoms with Crippen molar-refractivity contribution in [1.82, 2.24) is 0 Å². The van der Waals surface area contributed by atoms with Gasteiger partial charge in [0.25, 0.3) is 0 Å². The van der Waals surface area contributed by atoms with Crippen LogP contribution in [0.2, 0.25) is 0 Å². The molecule has 2 unspecified atom stereocenters. The van der Waals surface area contributed by atoms with Crippen LogP contribution in [0.25, 0.3) is 0 Å². The van der Waals surface area contributed by atoms with Crippen LogP contribution in [0, 0.1) is 0 Å². The number of carbonyl (C=O) groups excluding carboxylic acids is 1. The number of rotatable bonds is 6. The highest BCUT2D eigenvalue weighted by Crippen LogP contribution is 2.15. The summed E-state index contributed by atoms with van der Waals surface area (Å²) in [5.74, 6) is -2.45. The second-order valence-corrected chi connectivity index (χ2v) is 5.44. The summed E-state index contributed by atoms with van der Waals surface area (Å²) in [6, 6.07) is 0. The van der Waals surface area contributed by atoms with E-state index >= 15 is 0 Å². The molecule has 6 nitrogen and oxygen atoms in total. The molecule has 7 heteroatoms. The van der Waals surface area contributed by atoms with Gasteiger partial charge in [0.05, 0.1) is 0 Å². The monoisotopic (exact) mass is 237 g/mol. The molecule has 88 valence electrons. The first-order chi connectivity index (χ1) is 6.78. The second-order valence-electron chi connectivity index (χ2n) is 3.12. The van der Waals surface area contributed by atoms with Crippen molar-refractivity contribution in [2.24, 2.45) is 5.73 Å². The van der Waals surface area contributed by atoms with Crippen molar-refractivity contribution < 1.29 is 23.1 Å². The Morgan fingerprint density at radius 2 is 1.60 bits per heavy atom. The molecule has 0 aliphatic carbocycles. The minimum absolute atomic E-state index is 0.0125. The SMILES string of the molecule is CCC(C(N)=O)S(=O)(=O)C(CC)C(=O)O. The average Bonchev–Trinajstić information content (AvgIpc) is 2.02. The highest BCUT2D eigenvalue weighted by atomic mass is 32.2. The lowest BCUT2D eigenvalue weighted by Crippen LogP contribution is -2.43. The zero-order valence-corrected chi connectivity index (χ0v) is 9.45. The molecular weight excluding hydrogens is 222 g/mol. The van der Waals surface area contributed by atoms with E-state index in [-0.39, 0.29) is 12.8 Å². The van der Waals surface area contributed by atoms with Crippen LogP contribution in [0.15, 0.2) is 0 Å². The van der Waals surface area contributed by atoms with E-state index in [1.54, 1.807) is 0 Å². The Morgan fingerprint density at radius 3 is 1.80 bits per heavy atom. The third kappa shape index (κ3) is 2.92. The lowest BCUT2D eigenvalue weighted by molar-refractivity contribution is -0.136. The van der Waals surface area contributed by atoms with Crippen LogP contribution in [0.5, 0.6) is 0 Å². The molecule has 0 aromatic rings. The molecule has 0 heterocycles. The topological polar surface area (TPSA) is 115 Å². The van der Waals surface area contributed by atoms with Gasteiger partial charge in [-0.25, -0.2) is 8.42 Å². The number of hydrogen-bond donors (Lipinski definition) is 2. The summed E-state index contributed by atoms with van der Waals surface area (Å²) in [7, 11) is -4.04. The molecule has 0 aliphatic rings. The van der Waals surface area contributed by atoms with E-state index in [4.69, 9.17) is 10.8 Å². The number of aliphatic carboxylic acids is 1. The fourth-order valence-corrected chi connectivity index (χ4v) is 3.27. The van der Waals surface area contributed by atoms with Gasteiger partial charge in [0.2, 0.25) is 5.91 Å². The summed E-state index contributed by atoms with van der Waals surface area (Å²) >= 11 is 0. The van der Waals surface area contributed by atoms with Crippen molar-refractivity contribution in [2.45, 2.75) is 37.2 Å². The van der Waals surface area contributed by atoms with Crippen LogP contribution in [-0.2, 0) is 19.4 Å². The van der Waals surface area contributed by atoms with Gasteiger partial charge in [0.1, 0.15) is 5.25 Å². The Kier molecular flexibility index (Phi) is 4.73. The fraction of sp³-hybridized carbons (Fsp3) is 0.750. The van der Waals surface area contributed by atoms with E-state index < -0.39 is 32.2 Å². The summed E-state index contributed by atoms with van der Waals surface area (Å²) in [6.45, 7) is 2.91. The van der Waals surface area contributed by atoms with E-state index in [0.29, 0.717) is 0 Å². The number of amides is 1. The first-order valence-corrected chi connectivity index (χ1v) is 6.14. The predicted molar refractivity (Wildman–Crippen MR) is 53.9 cm³/mol. The molecule has 0 bridgehead atoms. The van der Waals surface area contributed by atoms with Gasteiger partial charge in [-0.05, 0) is 12.8 Å². The molecule has 0 rings (SSSR count). The Bertz CT molecular complexity index is 320. The highest BCUT2D eigenvalue weighted by molar-refractivity contribution is 7.94. The van der Waals surface area contributed by atoms with Gasteiger partial charge in [-0.1, -0.05) is 13.8 Å². The summed E-state index contributed by atoms with van der Waals surface area (Å²) in [4.78, 5) is 21.6. The molecule has 1 amide bonds. The first-order valence-electron chi connectivity index (χ1n) is 4.53. The molecule has 3 N–H and O–H groups in total. The van der Waals surface area contributed by atoms with Crippen LogP contribution in [0.4, 0.5) is 0 Å². The lowest BCUT2D eigenvalue weighted by Gasteiger charge is -2.17. The third-order valence-electron chi connectivity index (χ3n) is 2.13. The van der Waals surface area contributed by atoms with Crippen molar-refractivity contribution in [1.29, 1.82) is 0 Å². The van der Waals surface area contributed by atoms with Crippen molar-refractivity contribution in [3.05, 3.63) is 0 Å². The van der Waals surface area contributed by atoms with Crippen LogP contribution >= 0.6 is 0 Å². The maximum Gasteiger partial charge on any atom is 0.321 e. The average molecular weight is 237 g/mol. The number of carbonyl (C=O) groups is 2. The predicted octanol–water partition coefficient (Wildman–Crippen LogP) is -0.472. The van der Waals surface area contributed by atoms with Crippen molar-refractivity contribution in [3.63, 3.8) is 0 Å². The van der Waals surface area contributed by atoms with Crippen LogP contribution in [-0.4, -0.2) is 35.9 Å². The Balaban J connectivity index is 5.26.